The van der Waals surface area contributed by atoms with Gasteiger partial charge in [-0.1, -0.05) is 57.2 Å². The topological polar surface area (TPSA) is 116 Å². The summed E-state index contributed by atoms with van der Waals surface area (Å²) in [7, 11) is 0. The van der Waals surface area contributed by atoms with Gasteiger partial charge in [0.2, 0.25) is 0 Å². The zero-order valence-corrected chi connectivity index (χ0v) is 23.3. The lowest BCUT2D eigenvalue weighted by Crippen LogP contribution is -2.42. The van der Waals surface area contributed by atoms with Crippen molar-refractivity contribution in [1.82, 2.24) is 5.32 Å². The maximum Gasteiger partial charge on any atom is 0.349 e. The highest BCUT2D eigenvalue weighted by Crippen LogP contribution is 2.42. The van der Waals surface area contributed by atoms with Gasteiger partial charge in [0.05, 0.1) is 6.54 Å². The second-order valence-corrected chi connectivity index (χ2v) is 11.4. The summed E-state index contributed by atoms with van der Waals surface area (Å²) in [4.78, 5) is 38.3. The Kier molecular flexibility index (Phi) is 8.83. The number of carboxylic acids is 2. The number of hydrogen-bond donors (Lipinski definition) is 3. The van der Waals surface area contributed by atoms with Crippen molar-refractivity contribution in [2.45, 2.75) is 59.5 Å². The van der Waals surface area contributed by atoms with Gasteiger partial charge in [0, 0.05) is 22.2 Å². The van der Waals surface area contributed by atoms with E-state index in [2.05, 4.69) is 38.2 Å². The first-order valence-corrected chi connectivity index (χ1v) is 13.1. The lowest BCUT2D eigenvalue weighted by molar-refractivity contribution is -0.139. The van der Waals surface area contributed by atoms with Crippen LogP contribution in [0.1, 0.15) is 61.0 Å². The third-order valence-corrected chi connectivity index (χ3v) is 7.17. The minimum atomic E-state index is -1.20. The second-order valence-electron chi connectivity index (χ2n) is 10.4. The molecule has 0 saturated carbocycles. The Morgan fingerprint density at radius 3 is 2.26 bits per heavy atom. The summed E-state index contributed by atoms with van der Waals surface area (Å²) in [6.45, 7) is 11.6. The molecule has 0 aliphatic rings. The van der Waals surface area contributed by atoms with E-state index in [1.807, 2.05) is 44.2 Å². The molecule has 0 bridgehead atoms. The highest BCUT2D eigenvalue weighted by atomic mass is 32.1. The third kappa shape index (κ3) is 6.92. The van der Waals surface area contributed by atoms with Gasteiger partial charge in [-0.25, -0.2) is 14.4 Å². The van der Waals surface area contributed by atoms with E-state index in [-0.39, 0.29) is 28.1 Å². The summed E-state index contributed by atoms with van der Waals surface area (Å²) in [6.07, 6.45) is 0. The van der Waals surface area contributed by atoms with Gasteiger partial charge < -0.3 is 20.3 Å². The van der Waals surface area contributed by atoms with Crippen molar-refractivity contribution in [3.05, 3.63) is 70.1 Å². The van der Waals surface area contributed by atoms with Crippen LogP contribution in [0.5, 0.6) is 5.75 Å². The smallest absolute Gasteiger partial charge is 0.349 e. The van der Waals surface area contributed by atoms with Crippen LogP contribution in [0.3, 0.4) is 0 Å². The Labute approximate surface area is 226 Å². The van der Waals surface area contributed by atoms with Gasteiger partial charge in [0.15, 0.2) is 11.5 Å². The number of nitrogens with zero attached hydrogens (tertiary/aromatic N) is 1. The number of amides is 2. The molecule has 8 nitrogen and oxygen atoms in total. The molecular formula is C29H34N2O6S. The first kappa shape index (κ1) is 28.7. The largest absolute Gasteiger partial charge is 0.480 e. The summed E-state index contributed by atoms with van der Waals surface area (Å²) in [5, 5.41) is 21.6. The van der Waals surface area contributed by atoms with Gasteiger partial charge in [-0.3, -0.25) is 4.90 Å². The van der Waals surface area contributed by atoms with Crippen LogP contribution in [-0.4, -0.2) is 40.8 Å². The molecule has 3 N–H and O–H groups in total. The Hall–Kier alpha value is -3.85. The number of thiophene rings is 1. The van der Waals surface area contributed by atoms with Gasteiger partial charge in [-0.15, -0.1) is 11.3 Å². The molecule has 0 atom stereocenters. The van der Waals surface area contributed by atoms with Crippen LogP contribution < -0.4 is 15.0 Å². The number of carbonyl (C=O) groups excluding carboxylic acids is 1. The zero-order chi connectivity index (χ0) is 28.2. The van der Waals surface area contributed by atoms with Crippen molar-refractivity contribution in [2.24, 2.45) is 0 Å². The molecule has 1 heterocycles. The van der Waals surface area contributed by atoms with Gasteiger partial charge in [-0.05, 0) is 55.0 Å². The molecule has 0 unspecified atom stereocenters. The number of rotatable bonds is 9. The van der Waals surface area contributed by atoms with E-state index < -0.39 is 18.5 Å². The summed E-state index contributed by atoms with van der Waals surface area (Å²) in [6, 6.07) is 15.2. The van der Waals surface area contributed by atoms with E-state index in [1.54, 1.807) is 17.9 Å². The van der Waals surface area contributed by atoms with Crippen LogP contribution in [0, 0.1) is 6.92 Å². The lowest BCUT2D eigenvalue weighted by Gasteiger charge is -2.26. The average molecular weight is 539 g/mol. The molecule has 9 heteroatoms. The Morgan fingerprint density at radius 2 is 1.71 bits per heavy atom. The predicted molar refractivity (Wildman–Crippen MR) is 150 cm³/mol. The van der Waals surface area contributed by atoms with Crippen molar-refractivity contribution >= 4 is 35.0 Å². The molecule has 0 fully saturated rings. The fourth-order valence-electron chi connectivity index (χ4n) is 3.94. The monoisotopic (exact) mass is 538 g/mol. The number of hydrogen-bond acceptors (Lipinski definition) is 5. The normalized spacial score (nSPS) is 11.3. The zero-order valence-electron chi connectivity index (χ0n) is 22.5. The van der Waals surface area contributed by atoms with E-state index in [0.29, 0.717) is 28.2 Å². The maximum absolute atomic E-state index is 13.3. The highest BCUT2D eigenvalue weighted by molar-refractivity contribution is 7.18. The molecule has 1 aromatic heterocycles. The van der Waals surface area contributed by atoms with Crippen molar-refractivity contribution in [1.29, 1.82) is 0 Å². The third-order valence-electron chi connectivity index (χ3n) is 5.86. The summed E-state index contributed by atoms with van der Waals surface area (Å²) >= 11 is 1.01. The van der Waals surface area contributed by atoms with Crippen molar-refractivity contribution < 1.29 is 29.3 Å². The quantitative estimate of drug-likeness (QED) is 0.294. The number of carbonyl (C=O) groups is 3. The Morgan fingerprint density at radius 1 is 1.05 bits per heavy atom. The SMILES string of the molecule is Cc1c(-c2cccc(N(Cc3ccc(C(C)(C)C)cc3)C(=O)NC(C)C)c2)sc(C(=O)O)c1OCC(=O)O. The summed E-state index contributed by atoms with van der Waals surface area (Å²) in [5.41, 5.74) is 4.04. The minimum absolute atomic E-state index is 0.0158. The summed E-state index contributed by atoms with van der Waals surface area (Å²) < 4.78 is 5.32. The summed E-state index contributed by atoms with van der Waals surface area (Å²) in [5.74, 6) is -2.35. The number of ether oxygens (including phenoxy) is 1. The van der Waals surface area contributed by atoms with Crippen LogP contribution in [0.2, 0.25) is 0 Å². The number of anilines is 1. The molecule has 0 aliphatic carbocycles. The first-order valence-electron chi connectivity index (χ1n) is 12.3. The van der Waals surface area contributed by atoms with Gasteiger partial charge in [0.1, 0.15) is 5.75 Å². The van der Waals surface area contributed by atoms with Crippen molar-refractivity contribution in [3.63, 3.8) is 0 Å². The van der Waals surface area contributed by atoms with Crippen LogP contribution in [-0.2, 0) is 16.8 Å². The Bertz CT molecular complexity index is 1320. The molecule has 0 spiro atoms. The molecule has 0 saturated heterocycles. The Balaban J connectivity index is 2.02. The van der Waals surface area contributed by atoms with Crippen LogP contribution in [0.15, 0.2) is 48.5 Å². The number of aromatic carboxylic acids is 1. The van der Waals surface area contributed by atoms with E-state index >= 15 is 0 Å². The van der Waals surface area contributed by atoms with E-state index in [9.17, 15) is 19.5 Å². The molecule has 202 valence electrons. The van der Waals surface area contributed by atoms with Crippen LogP contribution in [0.25, 0.3) is 10.4 Å². The van der Waals surface area contributed by atoms with Gasteiger partial charge in [0.25, 0.3) is 0 Å². The van der Waals surface area contributed by atoms with E-state index in [4.69, 9.17) is 9.84 Å². The molecule has 3 rings (SSSR count). The standard InChI is InChI=1S/C29H34N2O6S/c1-17(2)30-28(36)31(15-19-10-12-21(13-11-19)29(4,5)6)22-9-7-8-20(14-22)25-18(3)24(37-16-23(32)33)26(38-25)27(34)35/h7-14,17H,15-16H2,1-6H3,(H,30,36)(H,32,33)(H,34,35). The molecule has 0 aliphatic heterocycles. The van der Waals surface area contributed by atoms with E-state index in [0.717, 1.165) is 16.9 Å². The number of aliphatic carboxylic acids is 1. The number of benzene rings is 2. The fourth-order valence-corrected chi connectivity index (χ4v) is 5.02. The molecule has 2 aromatic carbocycles. The molecule has 0 radical (unpaired) electrons. The number of urea groups is 1. The van der Waals surface area contributed by atoms with Gasteiger partial charge >= 0.3 is 18.0 Å². The van der Waals surface area contributed by atoms with Gasteiger partial charge in [-0.2, -0.15) is 0 Å². The van der Waals surface area contributed by atoms with Crippen LogP contribution in [0.4, 0.5) is 10.5 Å². The predicted octanol–water partition coefficient (Wildman–Crippen LogP) is 6.31. The van der Waals surface area contributed by atoms with Crippen LogP contribution >= 0.6 is 11.3 Å². The number of nitrogens with one attached hydrogen (secondary N) is 1. The minimum Gasteiger partial charge on any atom is -0.480 e. The second kappa shape index (κ2) is 11.7. The maximum atomic E-state index is 13.3. The fraction of sp³-hybridized carbons (Fsp3) is 0.345. The molecule has 3 aromatic rings. The number of carboxylic acid groups (broad SMARTS) is 2. The molecule has 2 amide bonds. The average Bonchev–Trinajstić information content (AvgIpc) is 3.17. The lowest BCUT2D eigenvalue weighted by atomic mass is 9.87. The first-order chi connectivity index (χ1) is 17.8. The molecule has 38 heavy (non-hydrogen) atoms. The van der Waals surface area contributed by atoms with Crippen molar-refractivity contribution in [2.75, 3.05) is 11.5 Å². The molecular weight excluding hydrogens is 504 g/mol. The van der Waals surface area contributed by atoms with Crippen molar-refractivity contribution in [3.8, 4) is 16.2 Å². The van der Waals surface area contributed by atoms with E-state index in [1.165, 1.54) is 5.56 Å². The highest BCUT2D eigenvalue weighted by Gasteiger charge is 2.24.